The fourth-order valence-corrected chi connectivity index (χ4v) is 9.14. The SMILES string of the molecule is CC1(C)c2ccc(-c3ccc(-c4cc(-c5cccc(-c6ccccc6)c5)nc(-c5cccc6ccccc56)n4)c4ccccc34)cc2-c2cc3ccccc3cc21. The lowest BCUT2D eigenvalue weighted by Gasteiger charge is -2.22. The minimum atomic E-state index is -0.0771. The van der Waals surface area contributed by atoms with E-state index in [1.807, 2.05) is 0 Å². The van der Waals surface area contributed by atoms with Crippen LogP contribution in [0.3, 0.4) is 0 Å². The first kappa shape index (κ1) is 33.2. The molecule has 11 rings (SSSR count). The molecule has 0 saturated carbocycles. The molecule has 9 aromatic carbocycles. The number of aromatic nitrogens is 2. The largest absolute Gasteiger partial charge is 0.228 e. The molecule has 1 aliphatic rings. The molecule has 0 N–H and O–H groups in total. The standard InChI is InChI=1S/C55H38N2/c1-55(2)50-29-26-40(32-48(50)49-31-38-17-6-7-18-39(38)33-51(49)55)43-27-28-46(45-24-11-10-23-44(43)45)53-34-52(41-21-12-20-37(30-41)35-14-4-3-5-15-35)56-54(57-53)47-25-13-19-36-16-8-9-22-42(36)47/h3-34H,1-2H3. The van der Waals surface area contributed by atoms with Gasteiger partial charge in [-0.2, -0.15) is 0 Å². The second kappa shape index (κ2) is 13.0. The summed E-state index contributed by atoms with van der Waals surface area (Å²) in [4.78, 5) is 10.7. The number of benzene rings is 9. The van der Waals surface area contributed by atoms with Crippen molar-refractivity contribution < 1.29 is 0 Å². The number of hydrogen-bond acceptors (Lipinski definition) is 2. The van der Waals surface area contributed by atoms with Gasteiger partial charge in [0.25, 0.3) is 0 Å². The van der Waals surface area contributed by atoms with Crippen molar-refractivity contribution in [1.82, 2.24) is 9.97 Å². The van der Waals surface area contributed by atoms with Gasteiger partial charge in [-0.1, -0.05) is 178 Å². The van der Waals surface area contributed by atoms with Crippen molar-refractivity contribution in [3.05, 3.63) is 205 Å². The van der Waals surface area contributed by atoms with Crippen molar-refractivity contribution in [2.45, 2.75) is 19.3 Å². The first-order chi connectivity index (χ1) is 28.0. The van der Waals surface area contributed by atoms with Gasteiger partial charge in [-0.15, -0.1) is 0 Å². The van der Waals surface area contributed by atoms with E-state index < -0.39 is 0 Å². The lowest BCUT2D eigenvalue weighted by atomic mass is 9.81. The van der Waals surface area contributed by atoms with E-state index in [-0.39, 0.29) is 5.41 Å². The lowest BCUT2D eigenvalue weighted by molar-refractivity contribution is 0.661. The Morgan fingerprint density at radius 3 is 1.74 bits per heavy atom. The molecule has 0 saturated heterocycles. The lowest BCUT2D eigenvalue weighted by Crippen LogP contribution is -2.14. The summed E-state index contributed by atoms with van der Waals surface area (Å²) in [6.07, 6.45) is 0. The van der Waals surface area contributed by atoms with Crippen molar-refractivity contribution in [2.24, 2.45) is 0 Å². The molecule has 1 aliphatic carbocycles. The van der Waals surface area contributed by atoms with Gasteiger partial charge in [0.1, 0.15) is 0 Å². The van der Waals surface area contributed by atoms with Gasteiger partial charge < -0.3 is 0 Å². The predicted molar refractivity (Wildman–Crippen MR) is 239 cm³/mol. The Hall–Kier alpha value is -7.16. The third-order valence-electron chi connectivity index (χ3n) is 12.1. The fraction of sp³-hybridized carbons (Fsp3) is 0.0545. The van der Waals surface area contributed by atoms with E-state index in [1.54, 1.807) is 0 Å². The van der Waals surface area contributed by atoms with E-state index in [0.29, 0.717) is 5.82 Å². The van der Waals surface area contributed by atoms with Crippen LogP contribution < -0.4 is 0 Å². The predicted octanol–water partition coefficient (Wildman–Crippen LogP) is 14.6. The maximum absolute atomic E-state index is 5.38. The van der Waals surface area contributed by atoms with Crippen LogP contribution in [-0.4, -0.2) is 9.97 Å². The number of fused-ring (bicyclic) bond motifs is 6. The average molecular weight is 727 g/mol. The molecule has 0 radical (unpaired) electrons. The Morgan fingerprint density at radius 1 is 0.316 bits per heavy atom. The molecule has 2 nitrogen and oxygen atoms in total. The van der Waals surface area contributed by atoms with Gasteiger partial charge in [0.05, 0.1) is 11.4 Å². The van der Waals surface area contributed by atoms with Crippen molar-refractivity contribution in [3.8, 4) is 67.3 Å². The van der Waals surface area contributed by atoms with Crippen LogP contribution in [-0.2, 0) is 5.41 Å². The van der Waals surface area contributed by atoms with Crippen LogP contribution in [0.25, 0.3) is 99.6 Å². The summed E-state index contributed by atoms with van der Waals surface area (Å²) in [5.74, 6) is 0.713. The molecule has 1 heterocycles. The Bertz CT molecular complexity index is 3210. The zero-order valence-electron chi connectivity index (χ0n) is 31.9. The monoisotopic (exact) mass is 726 g/mol. The summed E-state index contributed by atoms with van der Waals surface area (Å²) in [7, 11) is 0. The first-order valence-corrected chi connectivity index (χ1v) is 19.7. The van der Waals surface area contributed by atoms with Gasteiger partial charge in [-0.05, 0) is 107 Å². The third-order valence-corrected chi connectivity index (χ3v) is 12.1. The van der Waals surface area contributed by atoms with Gasteiger partial charge in [-0.25, -0.2) is 9.97 Å². The molecule has 0 fully saturated rings. The normalized spacial score (nSPS) is 12.9. The van der Waals surface area contributed by atoms with Crippen molar-refractivity contribution >= 4 is 32.3 Å². The van der Waals surface area contributed by atoms with E-state index >= 15 is 0 Å². The summed E-state index contributed by atoms with van der Waals surface area (Å²) in [5.41, 5.74) is 15.0. The van der Waals surface area contributed by atoms with Crippen LogP contribution in [0.1, 0.15) is 25.0 Å². The Labute approximate surface area is 332 Å². The molecule has 10 aromatic rings. The molecule has 57 heavy (non-hydrogen) atoms. The van der Waals surface area contributed by atoms with E-state index in [9.17, 15) is 0 Å². The zero-order chi connectivity index (χ0) is 38.1. The van der Waals surface area contributed by atoms with Crippen LogP contribution in [0, 0.1) is 0 Å². The van der Waals surface area contributed by atoms with Crippen molar-refractivity contribution in [2.75, 3.05) is 0 Å². The maximum atomic E-state index is 5.38. The summed E-state index contributed by atoms with van der Waals surface area (Å²) >= 11 is 0. The van der Waals surface area contributed by atoms with E-state index in [4.69, 9.17) is 9.97 Å². The fourth-order valence-electron chi connectivity index (χ4n) is 9.14. The van der Waals surface area contributed by atoms with Crippen LogP contribution in [0.2, 0.25) is 0 Å². The highest BCUT2D eigenvalue weighted by molar-refractivity contribution is 6.06. The maximum Gasteiger partial charge on any atom is 0.161 e. The Kier molecular flexibility index (Phi) is 7.55. The van der Waals surface area contributed by atoms with Gasteiger partial charge >= 0.3 is 0 Å². The molecule has 0 atom stereocenters. The zero-order valence-corrected chi connectivity index (χ0v) is 31.9. The quantitative estimate of drug-likeness (QED) is 0.176. The molecule has 2 heteroatoms. The van der Waals surface area contributed by atoms with Crippen LogP contribution >= 0.6 is 0 Å². The van der Waals surface area contributed by atoms with Crippen molar-refractivity contribution in [3.63, 3.8) is 0 Å². The smallest absolute Gasteiger partial charge is 0.161 e. The Balaban J connectivity index is 1.09. The number of rotatable bonds is 5. The first-order valence-electron chi connectivity index (χ1n) is 19.7. The van der Waals surface area contributed by atoms with Gasteiger partial charge in [-0.3, -0.25) is 0 Å². The van der Waals surface area contributed by atoms with Crippen molar-refractivity contribution in [1.29, 1.82) is 0 Å². The summed E-state index contributed by atoms with van der Waals surface area (Å²) in [6, 6.07) is 70.2. The highest BCUT2D eigenvalue weighted by atomic mass is 14.9. The van der Waals surface area contributed by atoms with Crippen LogP contribution in [0.4, 0.5) is 0 Å². The van der Waals surface area contributed by atoms with Crippen LogP contribution in [0.5, 0.6) is 0 Å². The van der Waals surface area contributed by atoms with Gasteiger partial charge in [0.2, 0.25) is 0 Å². The van der Waals surface area contributed by atoms with Crippen LogP contribution in [0.15, 0.2) is 194 Å². The van der Waals surface area contributed by atoms with E-state index in [2.05, 4.69) is 208 Å². The average Bonchev–Trinajstić information content (AvgIpc) is 3.49. The molecule has 0 amide bonds. The summed E-state index contributed by atoms with van der Waals surface area (Å²) in [6.45, 7) is 4.72. The van der Waals surface area contributed by atoms with Gasteiger partial charge in [0, 0.05) is 22.1 Å². The second-order valence-electron chi connectivity index (χ2n) is 15.8. The van der Waals surface area contributed by atoms with E-state index in [1.165, 1.54) is 60.5 Å². The summed E-state index contributed by atoms with van der Waals surface area (Å²) < 4.78 is 0. The number of nitrogens with zero attached hydrogens (tertiary/aromatic N) is 2. The molecule has 0 aliphatic heterocycles. The molecule has 0 bridgehead atoms. The topological polar surface area (TPSA) is 25.8 Å². The molecule has 0 unspecified atom stereocenters. The summed E-state index contributed by atoms with van der Waals surface area (Å²) in [5, 5.41) is 7.23. The molecule has 268 valence electrons. The van der Waals surface area contributed by atoms with E-state index in [0.717, 1.165) is 44.4 Å². The van der Waals surface area contributed by atoms with Gasteiger partial charge in [0.15, 0.2) is 5.82 Å². The Morgan fingerprint density at radius 2 is 0.912 bits per heavy atom. The highest BCUT2D eigenvalue weighted by Gasteiger charge is 2.36. The molecular formula is C55H38N2. The third kappa shape index (κ3) is 5.48. The molecule has 0 spiro atoms. The minimum Gasteiger partial charge on any atom is -0.228 e. The minimum absolute atomic E-state index is 0.0771. The number of hydrogen-bond donors (Lipinski definition) is 0. The highest BCUT2D eigenvalue weighted by Crippen LogP contribution is 2.51. The molecule has 1 aromatic heterocycles. The second-order valence-corrected chi connectivity index (χ2v) is 15.8. The molecular weight excluding hydrogens is 689 g/mol.